The summed E-state index contributed by atoms with van der Waals surface area (Å²) < 4.78 is 6.99. The van der Waals surface area contributed by atoms with Crippen molar-refractivity contribution in [2.45, 2.75) is 48.5 Å². The Balaban J connectivity index is 1.84. The van der Waals surface area contributed by atoms with Gasteiger partial charge in [0.15, 0.2) is 0 Å². The number of ether oxygens (including phenoxy) is 1. The molecular weight excluding hydrogens is 366 g/mol. The van der Waals surface area contributed by atoms with Crippen LogP contribution in [0.1, 0.15) is 48.5 Å². The monoisotopic (exact) mass is 395 g/mol. The minimum absolute atomic E-state index is 0.194. The molecule has 1 heterocycles. The fourth-order valence-electron chi connectivity index (χ4n) is 3.61. The highest BCUT2D eigenvalue weighted by Crippen LogP contribution is 2.52. The molecule has 0 saturated heterocycles. The third kappa shape index (κ3) is 3.58. The Morgan fingerprint density at radius 2 is 1.43 bits per heavy atom. The maximum Gasteiger partial charge on any atom is 0.318 e. The van der Waals surface area contributed by atoms with E-state index in [2.05, 4.69) is 52.6 Å². The van der Waals surface area contributed by atoms with Crippen molar-refractivity contribution in [2.24, 2.45) is 16.2 Å². The van der Waals surface area contributed by atoms with Gasteiger partial charge in [0.05, 0.1) is 15.6 Å². The molecule has 0 amide bonds. The lowest BCUT2D eigenvalue weighted by Crippen LogP contribution is -2.51. The Labute approximate surface area is 171 Å². The summed E-state index contributed by atoms with van der Waals surface area (Å²) in [4.78, 5) is 17.9. The third-order valence-electron chi connectivity index (χ3n) is 6.01. The lowest BCUT2D eigenvalue weighted by molar-refractivity contribution is -0.162. The first kappa shape index (κ1) is 20.5. The van der Waals surface area contributed by atoms with Gasteiger partial charge in [-0.3, -0.25) is 4.79 Å². The molecule has 4 heteroatoms. The summed E-state index contributed by atoms with van der Waals surface area (Å²) in [7, 11) is 0. The Morgan fingerprint density at radius 1 is 0.857 bits per heavy atom. The van der Waals surface area contributed by atoms with Crippen LogP contribution in [-0.2, 0) is 4.79 Å². The van der Waals surface area contributed by atoms with Crippen LogP contribution in [0.3, 0.4) is 0 Å². The number of esters is 1. The highest BCUT2D eigenvalue weighted by Gasteiger charge is 2.53. The topological polar surface area (TPSA) is 39.2 Å². The first-order valence-electron chi connectivity index (χ1n) is 9.62. The molecule has 0 unspecified atom stereocenters. The van der Waals surface area contributed by atoms with Crippen molar-refractivity contribution < 1.29 is 9.53 Å². The molecule has 0 atom stereocenters. The van der Waals surface area contributed by atoms with E-state index in [9.17, 15) is 4.79 Å². The second kappa shape index (κ2) is 7.00. The van der Waals surface area contributed by atoms with Gasteiger partial charge in [0.25, 0.3) is 0 Å². The van der Waals surface area contributed by atoms with Gasteiger partial charge in [-0.15, -0.1) is 11.3 Å². The van der Waals surface area contributed by atoms with Crippen molar-refractivity contribution in [3.63, 3.8) is 0 Å². The van der Waals surface area contributed by atoms with Gasteiger partial charge in [0.2, 0.25) is 0 Å². The van der Waals surface area contributed by atoms with E-state index >= 15 is 0 Å². The van der Waals surface area contributed by atoms with E-state index in [4.69, 9.17) is 4.74 Å². The molecule has 3 aromatic rings. The normalized spacial score (nSPS) is 13.0. The minimum Gasteiger partial charge on any atom is -0.426 e. The van der Waals surface area contributed by atoms with Crippen molar-refractivity contribution in [1.82, 2.24) is 4.98 Å². The molecule has 0 N–H and O–H groups in total. The minimum atomic E-state index is -0.633. The summed E-state index contributed by atoms with van der Waals surface area (Å²) in [6.07, 6.45) is 0. The number of carbonyl (C=O) groups is 1. The number of carbonyl (C=O) groups excluding carboxylic acids is 1. The van der Waals surface area contributed by atoms with Crippen molar-refractivity contribution >= 4 is 27.5 Å². The Morgan fingerprint density at radius 3 is 1.96 bits per heavy atom. The summed E-state index contributed by atoms with van der Waals surface area (Å²) in [6, 6.07) is 15.7. The van der Waals surface area contributed by atoms with Crippen molar-refractivity contribution in [1.29, 1.82) is 0 Å². The standard InChI is InChI=1S/C24H29NO2S/c1-22(2,3)24(7,23(4,5)6)21(26)27-17-14-12-16(13-15-17)20-25-18-10-8-9-11-19(18)28-20/h8-15H,1-7H3. The number of benzene rings is 2. The van der Waals surface area contributed by atoms with Crippen LogP contribution >= 0.6 is 11.3 Å². The average molecular weight is 396 g/mol. The molecule has 2 aromatic carbocycles. The predicted molar refractivity (Wildman–Crippen MR) is 118 cm³/mol. The molecule has 0 aliphatic rings. The van der Waals surface area contributed by atoms with Gasteiger partial charge in [-0.1, -0.05) is 53.7 Å². The maximum atomic E-state index is 13.2. The van der Waals surface area contributed by atoms with E-state index in [1.165, 1.54) is 4.70 Å². The van der Waals surface area contributed by atoms with E-state index in [0.717, 1.165) is 16.1 Å². The molecule has 0 fully saturated rings. The van der Waals surface area contributed by atoms with E-state index < -0.39 is 5.41 Å². The Kier molecular flexibility index (Phi) is 5.13. The van der Waals surface area contributed by atoms with Crippen LogP contribution in [0.25, 0.3) is 20.8 Å². The predicted octanol–water partition coefficient (Wildman–Crippen LogP) is 6.97. The number of hydrogen-bond donors (Lipinski definition) is 0. The molecule has 0 bridgehead atoms. The van der Waals surface area contributed by atoms with Gasteiger partial charge < -0.3 is 4.74 Å². The molecule has 0 aliphatic heterocycles. The second-order valence-electron chi connectivity index (χ2n) is 9.53. The van der Waals surface area contributed by atoms with Crippen molar-refractivity contribution in [3.05, 3.63) is 48.5 Å². The van der Waals surface area contributed by atoms with Gasteiger partial charge in [-0.25, -0.2) is 4.98 Å². The molecule has 0 spiro atoms. The van der Waals surface area contributed by atoms with Crippen molar-refractivity contribution in [3.8, 4) is 16.3 Å². The van der Waals surface area contributed by atoms with E-state index in [1.54, 1.807) is 11.3 Å². The molecular formula is C24H29NO2S. The lowest BCUT2D eigenvalue weighted by Gasteiger charge is -2.48. The quantitative estimate of drug-likeness (QED) is 0.355. The van der Waals surface area contributed by atoms with Crippen LogP contribution in [0.15, 0.2) is 48.5 Å². The van der Waals surface area contributed by atoms with E-state index in [-0.39, 0.29) is 16.8 Å². The fraction of sp³-hybridized carbons (Fsp3) is 0.417. The molecule has 0 saturated carbocycles. The summed E-state index contributed by atoms with van der Waals surface area (Å²) in [5, 5.41) is 0.966. The fourth-order valence-corrected chi connectivity index (χ4v) is 4.58. The zero-order chi connectivity index (χ0) is 20.7. The number of hydrogen-bond acceptors (Lipinski definition) is 4. The average Bonchev–Trinajstić information content (AvgIpc) is 3.03. The SMILES string of the molecule is CC(C)(C)C(C)(C(=O)Oc1ccc(-c2nc3ccccc3s2)cc1)C(C)(C)C. The van der Waals surface area contributed by atoms with Crippen LogP contribution in [0, 0.1) is 16.2 Å². The summed E-state index contributed by atoms with van der Waals surface area (Å²) >= 11 is 1.66. The summed E-state index contributed by atoms with van der Waals surface area (Å²) in [6.45, 7) is 14.6. The van der Waals surface area contributed by atoms with Crippen LogP contribution in [-0.4, -0.2) is 11.0 Å². The molecule has 0 aliphatic carbocycles. The van der Waals surface area contributed by atoms with E-state index in [1.807, 2.05) is 49.4 Å². The zero-order valence-electron chi connectivity index (χ0n) is 17.8. The highest BCUT2D eigenvalue weighted by atomic mass is 32.1. The summed E-state index contributed by atoms with van der Waals surface area (Å²) in [5.74, 6) is 0.370. The molecule has 148 valence electrons. The second-order valence-corrected chi connectivity index (χ2v) is 10.6. The van der Waals surface area contributed by atoms with Crippen LogP contribution < -0.4 is 4.74 Å². The van der Waals surface area contributed by atoms with Gasteiger partial charge in [0.1, 0.15) is 10.8 Å². The number of aromatic nitrogens is 1. The highest BCUT2D eigenvalue weighted by molar-refractivity contribution is 7.21. The Hall–Kier alpha value is -2.20. The van der Waals surface area contributed by atoms with Gasteiger partial charge in [-0.2, -0.15) is 0 Å². The third-order valence-corrected chi connectivity index (χ3v) is 7.10. The molecule has 0 radical (unpaired) electrons. The van der Waals surface area contributed by atoms with Gasteiger partial charge >= 0.3 is 5.97 Å². The Bertz CT molecular complexity index is 941. The number of nitrogens with zero attached hydrogens (tertiary/aromatic N) is 1. The first-order valence-corrected chi connectivity index (χ1v) is 10.4. The first-order chi connectivity index (χ1) is 12.9. The maximum absolute atomic E-state index is 13.2. The lowest BCUT2D eigenvalue weighted by atomic mass is 9.55. The van der Waals surface area contributed by atoms with Crippen LogP contribution in [0.4, 0.5) is 0 Å². The molecule has 28 heavy (non-hydrogen) atoms. The summed E-state index contributed by atoms with van der Waals surface area (Å²) in [5.41, 5.74) is 0.928. The number of para-hydroxylation sites is 1. The largest absolute Gasteiger partial charge is 0.426 e. The van der Waals surface area contributed by atoms with Gasteiger partial charge in [-0.05, 0) is 54.2 Å². The molecule has 3 nitrogen and oxygen atoms in total. The number of rotatable bonds is 3. The smallest absolute Gasteiger partial charge is 0.318 e. The van der Waals surface area contributed by atoms with Crippen molar-refractivity contribution in [2.75, 3.05) is 0 Å². The number of fused-ring (bicyclic) bond motifs is 1. The number of thiazole rings is 1. The zero-order valence-corrected chi connectivity index (χ0v) is 18.6. The molecule has 3 rings (SSSR count). The van der Waals surface area contributed by atoms with E-state index in [0.29, 0.717) is 5.75 Å². The molecule has 1 aromatic heterocycles. The van der Waals surface area contributed by atoms with Crippen LogP contribution in [0.5, 0.6) is 5.75 Å². The van der Waals surface area contributed by atoms with Crippen LogP contribution in [0.2, 0.25) is 0 Å². The van der Waals surface area contributed by atoms with Gasteiger partial charge in [0, 0.05) is 5.56 Å².